The van der Waals surface area contributed by atoms with Gasteiger partial charge in [0.1, 0.15) is 0 Å². The molecular formula is C16H24N2O3. The first-order valence-corrected chi connectivity index (χ1v) is 7.09. The molecule has 0 saturated carbocycles. The minimum atomic E-state index is -1.19. The van der Waals surface area contributed by atoms with Gasteiger partial charge in [0.05, 0.1) is 12.0 Å². The maximum atomic E-state index is 12.1. The Morgan fingerprint density at radius 1 is 1.29 bits per heavy atom. The van der Waals surface area contributed by atoms with Gasteiger partial charge in [-0.15, -0.1) is 0 Å². The Labute approximate surface area is 126 Å². The number of nitrogens with zero attached hydrogens (tertiary/aromatic N) is 1. The van der Waals surface area contributed by atoms with Gasteiger partial charge in [0.25, 0.3) is 0 Å². The van der Waals surface area contributed by atoms with Gasteiger partial charge in [-0.05, 0) is 18.9 Å². The average molecular weight is 292 g/mol. The summed E-state index contributed by atoms with van der Waals surface area (Å²) in [5, 5.41) is 13.0. The molecule has 0 radical (unpaired) electrons. The Balaban J connectivity index is 2.50. The van der Waals surface area contributed by atoms with Gasteiger partial charge in [0, 0.05) is 27.1 Å². The lowest BCUT2D eigenvalue weighted by atomic mass is 9.92. The van der Waals surface area contributed by atoms with Crippen molar-refractivity contribution in [2.75, 3.05) is 20.6 Å². The predicted octanol–water partition coefficient (Wildman–Crippen LogP) is 1.27. The molecule has 1 aromatic carbocycles. The molecule has 0 bridgehead atoms. The lowest BCUT2D eigenvalue weighted by Crippen LogP contribution is -2.35. The third-order valence-electron chi connectivity index (χ3n) is 3.49. The molecular weight excluding hydrogens is 268 g/mol. The number of hydrogen-bond acceptors (Lipinski definition) is 3. The zero-order chi connectivity index (χ0) is 15.9. The van der Waals surface area contributed by atoms with Crippen LogP contribution in [0.3, 0.4) is 0 Å². The molecule has 1 unspecified atom stereocenters. The number of aliphatic hydroxyl groups is 1. The fourth-order valence-electron chi connectivity index (χ4n) is 2.06. The van der Waals surface area contributed by atoms with Crippen molar-refractivity contribution >= 4 is 11.8 Å². The van der Waals surface area contributed by atoms with Gasteiger partial charge in [-0.3, -0.25) is 9.59 Å². The summed E-state index contributed by atoms with van der Waals surface area (Å²) in [7, 11) is 3.28. The molecule has 0 aromatic heterocycles. The average Bonchev–Trinajstić information content (AvgIpc) is 2.47. The van der Waals surface area contributed by atoms with Crippen molar-refractivity contribution in [3.8, 4) is 0 Å². The molecule has 0 fully saturated rings. The summed E-state index contributed by atoms with van der Waals surface area (Å²) in [4.78, 5) is 24.8. The van der Waals surface area contributed by atoms with E-state index in [2.05, 4.69) is 5.32 Å². The maximum Gasteiger partial charge on any atom is 0.225 e. The highest BCUT2D eigenvalue weighted by molar-refractivity contribution is 5.77. The summed E-state index contributed by atoms with van der Waals surface area (Å²) in [6.45, 7) is 2.13. The van der Waals surface area contributed by atoms with E-state index in [-0.39, 0.29) is 18.2 Å². The van der Waals surface area contributed by atoms with E-state index in [1.54, 1.807) is 38.1 Å². The molecule has 0 heterocycles. The van der Waals surface area contributed by atoms with Crippen LogP contribution in [0.4, 0.5) is 0 Å². The van der Waals surface area contributed by atoms with Crippen molar-refractivity contribution in [3.63, 3.8) is 0 Å². The molecule has 5 heteroatoms. The van der Waals surface area contributed by atoms with Gasteiger partial charge >= 0.3 is 0 Å². The Hall–Kier alpha value is -1.88. The van der Waals surface area contributed by atoms with Gasteiger partial charge in [-0.1, -0.05) is 30.3 Å². The van der Waals surface area contributed by atoms with Crippen molar-refractivity contribution in [2.45, 2.75) is 31.8 Å². The molecule has 1 atom stereocenters. The van der Waals surface area contributed by atoms with Crippen LogP contribution in [0, 0.1) is 0 Å². The van der Waals surface area contributed by atoms with Crippen LogP contribution in [0.2, 0.25) is 0 Å². The highest BCUT2D eigenvalue weighted by atomic mass is 16.3. The minimum Gasteiger partial charge on any atom is -0.385 e. The maximum absolute atomic E-state index is 12.1. The summed E-state index contributed by atoms with van der Waals surface area (Å²) in [6.07, 6.45) is 1.02. The van der Waals surface area contributed by atoms with E-state index in [1.807, 2.05) is 18.2 Å². The number of carbonyl (C=O) groups is 2. The molecule has 0 spiro atoms. The molecule has 0 aliphatic carbocycles. The summed E-state index contributed by atoms with van der Waals surface area (Å²) in [5.41, 5.74) is -0.468. The molecule has 2 N–H and O–H groups in total. The highest BCUT2D eigenvalue weighted by Gasteiger charge is 2.27. The van der Waals surface area contributed by atoms with E-state index >= 15 is 0 Å². The Kier molecular flexibility index (Phi) is 6.37. The van der Waals surface area contributed by atoms with Gasteiger partial charge in [-0.25, -0.2) is 0 Å². The minimum absolute atomic E-state index is 0.0213. The number of benzene rings is 1. The largest absolute Gasteiger partial charge is 0.385 e. The number of amides is 2. The van der Waals surface area contributed by atoms with Gasteiger partial charge < -0.3 is 15.3 Å². The topological polar surface area (TPSA) is 69.6 Å². The standard InChI is InChI=1S/C16H24N2O3/c1-16(21,13-8-5-4-6-9-13)12-15(20)18(3)11-7-10-14(19)17-2/h4-6,8-9,21H,7,10-12H2,1-3H3,(H,17,19). The first-order chi connectivity index (χ1) is 9.86. The molecule has 116 valence electrons. The number of carbonyl (C=O) groups excluding carboxylic acids is 2. The van der Waals surface area contributed by atoms with Crippen molar-refractivity contribution in [2.24, 2.45) is 0 Å². The van der Waals surface area contributed by atoms with Gasteiger partial charge in [0.15, 0.2) is 0 Å². The zero-order valence-electron chi connectivity index (χ0n) is 12.9. The molecule has 1 aromatic rings. The van der Waals surface area contributed by atoms with E-state index in [9.17, 15) is 14.7 Å². The fourth-order valence-corrected chi connectivity index (χ4v) is 2.06. The quantitative estimate of drug-likeness (QED) is 0.795. The van der Waals surface area contributed by atoms with E-state index in [4.69, 9.17) is 0 Å². The lowest BCUT2D eigenvalue weighted by molar-refractivity contribution is -0.135. The monoisotopic (exact) mass is 292 g/mol. The van der Waals surface area contributed by atoms with Gasteiger partial charge in [0.2, 0.25) is 11.8 Å². The molecule has 5 nitrogen and oxygen atoms in total. The molecule has 21 heavy (non-hydrogen) atoms. The summed E-state index contributed by atoms with van der Waals surface area (Å²) < 4.78 is 0. The lowest BCUT2D eigenvalue weighted by Gasteiger charge is -2.26. The van der Waals surface area contributed by atoms with Crippen LogP contribution in [-0.2, 0) is 15.2 Å². The van der Waals surface area contributed by atoms with Crippen molar-refractivity contribution < 1.29 is 14.7 Å². The fraction of sp³-hybridized carbons (Fsp3) is 0.500. The molecule has 2 amide bonds. The molecule has 0 aliphatic heterocycles. The third kappa shape index (κ3) is 5.55. The van der Waals surface area contributed by atoms with Crippen molar-refractivity contribution in [1.29, 1.82) is 0 Å². The summed E-state index contributed by atoms with van der Waals surface area (Å²) in [6, 6.07) is 9.15. The van der Waals surface area contributed by atoms with Gasteiger partial charge in [-0.2, -0.15) is 0 Å². The second kappa shape index (κ2) is 7.78. The Morgan fingerprint density at radius 2 is 1.90 bits per heavy atom. The Morgan fingerprint density at radius 3 is 2.48 bits per heavy atom. The van der Waals surface area contributed by atoms with E-state index in [0.717, 1.165) is 5.56 Å². The van der Waals surface area contributed by atoms with E-state index in [1.165, 1.54) is 0 Å². The van der Waals surface area contributed by atoms with Crippen molar-refractivity contribution in [1.82, 2.24) is 10.2 Å². The zero-order valence-corrected chi connectivity index (χ0v) is 12.9. The molecule has 1 rings (SSSR count). The number of rotatable bonds is 7. The number of hydrogen-bond donors (Lipinski definition) is 2. The second-order valence-corrected chi connectivity index (χ2v) is 5.41. The van der Waals surface area contributed by atoms with E-state index in [0.29, 0.717) is 19.4 Å². The van der Waals surface area contributed by atoms with Crippen molar-refractivity contribution in [3.05, 3.63) is 35.9 Å². The Bertz CT molecular complexity index is 472. The van der Waals surface area contributed by atoms with Crippen LogP contribution in [0.1, 0.15) is 31.7 Å². The SMILES string of the molecule is CNC(=O)CCCN(C)C(=O)CC(C)(O)c1ccccc1. The second-order valence-electron chi connectivity index (χ2n) is 5.41. The van der Waals surface area contributed by atoms with Crippen LogP contribution < -0.4 is 5.32 Å². The first kappa shape index (κ1) is 17.2. The normalized spacial score (nSPS) is 13.3. The molecule has 0 aliphatic rings. The van der Waals surface area contributed by atoms with E-state index < -0.39 is 5.60 Å². The first-order valence-electron chi connectivity index (χ1n) is 7.09. The summed E-state index contributed by atoms with van der Waals surface area (Å²) >= 11 is 0. The van der Waals surface area contributed by atoms with Crippen LogP contribution in [0.5, 0.6) is 0 Å². The third-order valence-corrected chi connectivity index (χ3v) is 3.49. The predicted molar refractivity (Wildman–Crippen MR) is 81.6 cm³/mol. The smallest absolute Gasteiger partial charge is 0.225 e. The summed E-state index contributed by atoms with van der Waals surface area (Å²) in [5.74, 6) is -0.173. The van der Waals surface area contributed by atoms with Crippen LogP contribution in [-0.4, -0.2) is 42.5 Å². The molecule has 0 saturated heterocycles. The highest BCUT2D eigenvalue weighted by Crippen LogP contribution is 2.24. The van der Waals surface area contributed by atoms with Crippen LogP contribution in [0.15, 0.2) is 30.3 Å². The van der Waals surface area contributed by atoms with Crippen LogP contribution >= 0.6 is 0 Å². The van der Waals surface area contributed by atoms with Crippen LogP contribution in [0.25, 0.3) is 0 Å². The number of nitrogens with one attached hydrogen (secondary N) is 1.